The molecule has 1 saturated heterocycles. The van der Waals surface area contributed by atoms with E-state index in [1.165, 1.54) is 0 Å². The highest BCUT2D eigenvalue weighted by atomic mass is 16.5. The van der Waals surface area contributed by atoms with Crippen LogP contribution in [0.2, 0.25) is 0 Å². The van der Waals surface area contributed by atoms with E-state index in [0.717, 1.165) is 22.3 Å². The van der Waals surface area contributed by atoms with Gasteiger partial charge in [0.05, 0.1) is 6.04 Å². The highest BCUT2D eigenvalue weighted by Crippen LogP contribution is 2.36. The fourth-order valence-corrected chi connectivity index (χ4v) is 3.43. The molecule has 2 aromatic carbocycles. The summed E-state index contributed by atoms with van der Waals surface area (Å²) in [5, 5.41) is 3.27. The molecule has 1 N–H and O–H groups in total. The second kappa shape index (κ2) is 6.71. The van der Waals surface area contributed by atoms with Gasteiger partial charge in [0.1, 0.15) is 11.4 Å². The minimum atomic E-state index is -0.438. The monoisotopic (exact) mass is 321 g/mol. The molecule has 3 rings (SSSR count). The third kappa shape index (κ3) is 2.93. The fraction of sp³-hybridized carbons (Fsp3) is 0.286. The number of carbonyl (C=O) groups excluding carboxylic acids is 1. The molecule has 2 atom stereocenters. The van der Waals surface area contributed by atoms with Crippen molar-refractivity contribution in [2.75, 3.05) is 13.7 Å². The third-order valence-corrected chi connectivity index (χ3v) is 4.95. The average Bonchev–Trinajstić information content (AvgIpc) is 3.08. The number of Topliss-reactive ketones (excluding diaryl/α,β-unsaturated/α-hetero) is 1. The van der Waals surface area contributed by atoms with Crippen LogP contribution in [0.25, 0.3) is 17.2 Å². The molecule has 1 heterocycles. The maximum atomic E-state index is 11.7. The number of carbonyl (C=O) groups is 1. The minimum absolute atomic E-state index is 0.133. The highest BCUT2D eigenvalue weighted by molar-refractivity contribution is 5.82. The van der Waals surface area contributed by atoms with Gasteiger partial charge in [0, 0.05) is 20.1 Å². The van der Waals surface area contributed by atoms with E-state index in [-0.39, 0.29) is 11.8 Å². The first-order chi connectivity index (χ1) is 11.6. The van der Waals surface area contributed by atoms with Crippen molar-refractivity contribution < 1.29 is 9.53 Å². The molecule has 2 aromatic rings. The summed E-state index contributed by atoms with van der Waals surface area (Å²) in [4.78, 5) is 11.7. The molecule has 0 aliphatic carbocycles. The second-order valence-corrected chi connectivity index (χ2v) is 6.32. The van der Waals surface area contributed by atoms with Gasteiger partial charge < -0.3 is 10.1 Å². The number of rotatable bonds is 5. The Hall–Kier alpha value is -2.23. The van der Waals surface area contributed by atoms with Crippen LogP contribution in [0.1, 0.15) is 24.5 Å². The first-order valence-electron chi connectivity index (χ1n) is 8.21. The van der Waals surface area contributed by atoms with E-state index in [1.807, 2.05) is 18.2 Å². The fourth-order valence-electron chi connectivity index (χ4n) is 3.43. The van der Waals surface area contributed by atoms with Crippen molar-refractivity contribution in [3.63, 3.8) is 0 Å². The Morgan fingerprint density at radius 2 is 1.96 bits per heavy atom. The van der Waals surface area contributed by atoms with E-state index >= 15 is 0 Å². The van der Waals surface area contributed by atoms with E-state index in [0.29, 0.717) is 13.0 Å². The van der Waals surface area contributed by atoms with Crippen molar-refractivity contribution in [2.45, 2.75) is 25.0 Å². The number of ketones is 1. The summed E-state index contributed by atoms with van der Waals surface area (Å²) < 4.78 is 5.82. The van der Waals surface area contributed by atoms with Gasteiger partial charge in [-0.25, -0.2) is 0 Å². The van der Waals surface area contributed by atoms with Gasteiger partial charge in [-0.05, 0) is 29.2 Å². The molecule has 3 nitrogen and oxygen atoms in total. The molecule has 0 saturated carbocycles. The largest absolute Gasteiger partial charge is 0.372 e. The van der Waals surface area contributed by atoms with Gasteiger partial charge in [0.25, 0.3) is 0 Å². The van der Waals surface area contributed by atoms with Crippen molar-refractivity contribution in [3.8, 4) is 11.1 Å². The number of ether oxygens (including phenoxy) is 1. The van der Waals surface area contributed by atoms with Crippen LogP contribution < -0.4 is 5.32 Å². The number of nitrogens with one attached hydrogen (secondary N) is 1. The van der Waals surface area contributed by atoms with E-state index in [9.17, 15) is 4.79 Å². The lowest BCUT2D eigenvalue weighted by molar-refractivity contribution is -0.119. The van der Waals surface area contributed by atoms with E-state index in [4.69, 9.17) is 4.74 Å². The molecule has 1 aliphatic rings. The van der Waals surface area contributed by atoms with Crippen molar-refractivity contribution in [1.82, 2.24) is 5.32 Å². The lowest BCUT2D eigenvalue weighted by Crippen LogP contribution is -2.31. The van der Waals surface area contributed by atoms with Gasteiger partial charge >= 0.3 is 0 Å². The highest BCUT2D eigenvalue weighted by Gasteiger charge is 2.42. The Morgan fingerprint density at radius 3 is 2.54 bits per heavy atom. The predicted octanol–water partition coefficient (Wildman–Crippen LogP) is 3.79. The normalized spacial score (nSPS) is 23.2. The zero-order chi connectivity index (χ0) is 17.2. The van der Waals surface area contributed by atoms with Crippen molar-refractivity contribution in [1.29, 1.82) is 0 Å². The molecule has 0 amide bonds. The zero-order valence-electron chi connectivity index (χ0n) is 14.2. The summed E-state index contributed by atoms with van der Waals surface area (Å²) in [5.74, 6) is 0.158. The maximum absolute atomic E-state index is 11.7. The maximum Gasteiger partial charge on any atom is 0.146 e. The lowest BCUT2D eigenvalue weighted by Gasteiger charge is -2.27. The van der Waals surface area contributed by atoms with Crippen molar-refractivity contribution >= 4 is 11.9 Å². The topological polar surface area (TPSA) is 38.3 Å². The first kappa shape index (κ1) is 16.6. The Kier molecular flexibility index (Phi) is 4.65. The predicted molar refractivity (Wildman–Crippen MR) is 97.7 cm³/mol. The molecule has 1 aliphatic heterocycles. The Morgan fingerprint density at radius 1 is 1.25 bits per heavy atom. The summed E-state index contributed by atoms with van der Waals surface area (Å²) in [6.45, 7) is 6.16. The SMILES string of the molecule is C=Cc1ccccc1-c1ccc([C@@]2(OC)CN[C@H](C(C)=O)C2)cc1. The van der Waals surface area contributed by atoms with Crippen LogP contribution in [0.5, 0.6) is 0 Å². The second-order valence-electron chi connectivity index (χ2n) is 6.32. The van der Waals surface area contributed by atoms with Gasteiger partial charge in [0.15, 0.2) is 0 Å². The van der Waals surface area contributed by atoms with Gasteiger partial charge in [-0.2, -0.15) is 0 Å². The third-order valence-electron chi connectivity index (χ3n) is 4.95. The van der Waals surface area contributed by atoms with Crippen molar-refractivity contribution in [3.05, 3.63) is 66.2 Å². The molecule has 0 unspecified atom stereocenters. The minimum Gasteiger partial charge on any atom is -0.372 e. The van der Waals surface area contributed by atoms with Gasteiger partial charge in [-0.3, -0.25) is 4.79 Å². The smallest absolute Gasteiger partial charge is 0.146 e. The molecule has 0 bridgehead atoms. The molecule has 0 spiro atoms. The molecular weight excluding hydrogens is 298 g/mol. The molecule has 3 heteroatoms. The van der Waals surface area contributed by atoms with Crippen LogP contribution in [0.3, 0.4) is 0 Å². The van der Waals surface area contributed by atoms with Crippen LogP contribution in [0.4, 0.5) is 0 Å². The van der Waals surface area contributed by atoms with Gasteiger partial charge in [0.2, 0.25) is 0 Å². The van der Waals surface area contributed by atoms with Crippen LogP contribution in [0, 0.1) is 0 Å². The Bertz CT molecular complexity index is 751. The van der Waals surface area contributed by atoms with E-state index in [1.54, 1.807) is 14.0 Å². The summed E-state index contributed by atoms with van der Waals surface area (Å²) in [6.07, 6.45) is 2.54. The van der Waals surface area contributed by atoms with Crippen LogP contribution >= 0.6 is 0 Å². The molecule has 124 valence electrons. The molecule has 0 radical (unpaired) electrons. The summed E-state index contributed by atoms with van der Waals surface area (Å²) in [7, 11) is 1.71. The molecule has 24 heavy (non-hydrogen) atoms. The molecule has 0 aromatic heterocycles. The Balaban J connectivity index is 1.92. The van der Waals surface area contributed by atoms with E-state index < -0.39 is 5.60 Å². The molecule has 1 fully saturated rings. The molecular formula is C21H23NO2. The standard InChI is InChI=1S/C21H23NO2/c1-4-16-7-5-6-8-19(16)17-9-11-18(12-10-17)21(24-3)13-20(15(2)23)22-14-21/h4-12,20,22H,1,13-14H2,2-3H3/t20-,21-/m0/s1. The van der Waals surface area contributed by atoms with Crippen LogP contribution in [-0.4, -0.2) is 25.5 Å². The number of hydrogen-bond acceptors (Lipinski definition) is 3. The lowest BCUT2D eigenvalue weighted by atomic mass is 9.88. The summed E-state index contributed by atoms with van der Waals surface area (Å²) in [5.41, 5.74) is 4.09. The van der Waals surface area contributed by atoms with E-state index in [2.05, 4.69) is 48.3 Å². The zero-order valence-corrected chi connectivity index (χ0v) is 14.2. The Labute approximate surface area is 143 Å². The van der Waals surface area contributed by atoms with Crippen molar-refractivity contribution in [2.24, 2.45) is 0 Å². The van der Waals surface area contributed by atoms with Gasteiger partial charge in [-0.1, -0.05) is 61.2 Å². The summed E-state index contributed by atoms with van der Waals surface area (Å²) in [6, 6.07) is 16.5. The van der Waals surface area contributed by atoms with Gasteiger partial charge in [-0.15, -0.1) is 0 Å². The number of benzene rings is 2. The first-order valence-corrected chi connectivity index (χ1v) is 8.21. The number of methoxy groups -OCH3 is 1. The number of hydrogen-bond donors (Lipinski definition) is 1. The van der Waals surface area contributed by atoms with Crippen LogP contribution in [-0.2, 0) is 15.1 Å². The summed E-state index contributed by atoms with van der Waals surface area (Å²) >= 11 is 0. The average molecular weight is 321 g/mol. The van der Waals surface area contributed by atoms with Crippen LogP contribution in [0.15, 0.2) is 55.1 Å². The quantitative estimate of drug-likeness (QED) is 0.910.